The summed E-state index contributed by atoms with van der Waals surface area (Å²) < 4.78 is 0. The average molecular weight is 278 g/mol. The Hall–Kier alpha value is -2.22. The second kappa shape index (κ2) is 4.96. The summed E-state index contributed by atoms with van der Waals surface area (Å²) in [6.45, 7) is 4.01. The van der Waals surface area contributed by atoms with Crippen molar-refractivity contribution < 1.29 is 9.59 Å². The lowest BCUT2D eigenvalue weighted by molar-refractivity contribution is 0.0906. The standard InChI is InChI=1S/C19H18O2/c1-19(2)15(17(20)13-9-5-3-6-10-13)16(19)18(21)14-11-7-4-8-12-14/h3-12,15-16H,1-2H3. The van der Waals surface area contributed by atoms with Gasteiger partial charge in [0.05, 0.1) is 0 Å². The Kier molecular flexibility index (Phi) is 3.25. The van der Waals surface area contributed by atoms with E-state index >= 15 is 0 Å². The van der Waals surface area contributed by atoms with Crippen molar-refractivity contribution in [3.8, 4) is 0 Å². The summed E-state index contributed by atoms with van der Waals surface area (Å²) >= 11 is 0. The van der Waals surface area contributed by atoms with Crippen LogP contribution in [0.5, 0.6) is 0 Å². The Labute approximate surface area is 124 Å². The lowest BCUT2D eigenvalue weighted by Gasteiger charge is -2.01. The van der Waals surface area contributed by atoms with E-state index in [9.17, 15) is 9.59 Å². The zero-order valence-corrected chi connectivity index (χ0v) is 12.2. The van der Waals surface area contributed by atoms with Crippen molar-refractivity contribution in [1.29, 1.82) is 0 Å². The molecule has 1 fully saturated rings. The van der Waals surface area contributed by atoms with E-state index in [2.05, 4.69) is 0 Å². The third kappa shape index (κ3) is 2.31. The molecule has 2 nitrogen and oxygen atoms in total. The number of carbonyl (C=O) groups excluding carboxylic acids is 2. The van der Waals surface area contributed by atoms with Crippen molar-refractivity contribution in [3.63, 3.8) is 0 Å². The molecule has 0 radical (unpaired) electrons. The third-order valence-corrected chi connectivity index (χ3v) is 4.51. The molecular formula is C19H18O2. The molecule has 3 rings (SSSR count). The van der Waals surface area contributed by atoms with Crippen LogP contribution in [0.4, 0.5) is 0 Å². The van der Waals surface area contributed by atoms with Gasteiger partial charge in [-0.05, 0) is 5.41 Å². The third-order valence-electron chi connectivity index (χ3n) is 4.51. The minimum Gasteiger partial charge on any atom is -0.294 e. The maximum absolute atomic E-state index is 12.6. The van der Waals surface area contributed by atoms with Crippen LogP contribution in [-0.4, -0.2) is 11.6 Å². The first kappa shape index (κ1) is 13.7. The minimum atomic E-state index is -0.264. The molecule has 0 aliphatic heterocycles. The maximum atomic E-state index is 12.6. The molecule has 2 aromatic carbocycles. The Balaban J connectivity index is 1.86. The lowest BCUT2D eigenvalue weighted by atomic mass is 10.0. The average Bonchev–Trinajstić information content (AvgIpc) is 3.10. The van der Waals surface area contributed by atoms with Gasteiger partial charge in [0, 0.05) is 23.0 Å². The summed E-state index contributed by atoms with van der Waals surface area (Å²) in [7, 11) is 0. The fourth-order valence-corrected chi connectivity index (χ4v) is 3.18. The van der Waals surface area contributed by atoms with Crippen LogP contribution in [0, 0.1) is 17.3 Å². The van der Waals surface area contributed by atoms with E-state index in [1.165, 1.54) is 0 Å². The van der Waals surface area contributed by atoms with Crippen molar-refractivity contribution >= 4 is 11.6 Å². The van der Waals surface area contributed by atoms with Gasteiger partial charge in [0.2, 0.25) is 0 Å². The smallest absolute Gasteiger partial charge is 0.167 e. The summed E-state index contributed by atoms with van der Waals surface area (Å²) in [5, 5.41) is 0. The zero-order chi connectivity index (χ0) is 15.0. The van der Waals surface area contributed by atoms with Crippen LogP contribution >= 0.6 is 0 Å². The van der Waals surface area contributed by atoms with Crippen LogP contribution in [0.2, 0.25) is 0 Å². The number of rotatable bonds is 4. The fourth-order valence-electron chi connectivity index (χ4n) is 3.18. The topological polar surface area (TPSA) is 34.1 Å². The summed E-state index contributed by atoms with van der Waals surface area (Å²) in [5.74, 6) is -0.273. The van der Waals surface area contributed by atoms with E-state index < -0.39 is 0 Å². The van der Waals surface area contributed by atoms with E-state index in [-0.39, 0.29) is 28.8 Å². The number of Topliss-reactive ketones (excluding diaryl/α,β-unsaturated/α-hetero) is 2. The summed E-state index contributed by atoms with van der Waals surface area (Å²) in [6.07, 6.45) is 0. The molecule has 2 unspecified atom stereocenters. The monoisotopic (exact) mass is 278 g/mol. The van der Waals surface area contributed by atoms with Crippen LogP contribution in [0.1, 0.15) is 34.6 Å². The molecule has 1 aliphatic carbocycles. The molecule has 0 saturated heterocycles. The highest BCUT2D eigenvalue weighted by Crippen LogP contribution is 2.60. The van der Waals surface area contributed by atoms with Gasteiger partial charge in [-0.2, -0.15) is 0 Å². The first-order valence-corrected chi connectivity index (χ1v) is 7.22. The van der Waals surface area contributed by atoms with E-state index in [1.54, 1.807) is 0 Å². The van der Waals surface area contributed by atoms with E-state index in [4.69, 9.17) is 0 Å². The number of carbonyl (C=O) groups is 2. The van der Waals surface area contributed by atoms with Gasteiger partial charge in [-0.15, -0.1) is 0 Å². The van der Waals surface area contributed by atoms with Crippen LogP contribution < -0.4 is 0 Å². The van der Waals surface area contributed by atoms with Gasteiger partial charge in [-0.25, -0.2) is 0 Å². The highest BCUT2D eigenvalue weighted by molar-refractivity contribution is 6.09. The van der Waals surface area contributed by atoms with Gasteiger partial charge in [0.1, 0.15) is 0 Å². The first-order chi connectivity index (χ1) is 10.0. The number of hydrogen-bond donors (Lipinski definition) is 0. The Morgan fingerprint density at radius 3 is 1.38 bits per heavy atom. The molecule has 0 spiro atoms. The summed E-state index contributed by atoms with van der Waals surface area (Å²) in [4.78, 5) is 25.2. The summed E-state index contributed by atoms with van der Waals surface area (Å²) in [5.41, 5.74) is 1.12. The molecule has 2 atom stereocenters. The maximum Gasteiger partial charge on any atom is 0.167 e. The minimum absolute atomic E-state index is 0.0786. The predicted molar refractivity (Wildman–Crippen MR) is 82.3 cm³/mol. The second-order valence-corrected chi connectivity index (χ2v) is 6.24. The molecular weight excluding hydrogens is 260 g/mol. The van der Waals surface area contributed by atoms with Gasteiger partial charge < -0.3 is 0 Å². The van der Waals surface area contributed by atoms with Gasteiger partial charge >= 0.3 is 0 Å². The van der Waals surface area contributed by atoms with Crippen molar-refractivity contribution in [2.45, 2.75) is 13.8 Å². The molecule has 0 aromatic heterocycles. The second-order valence-electron chi connectivity index (χ2n) is 6.24. The van der Waals surface area contributed by atoms with Crippen LogP contribution in [-0.2, 0) is 0 Å². The number of benzene rings is 2. The number of ketones is 2. The van der Waals surface area contributed by atoms with Crippen LogP contribution in [0.3, 0.4) is 0 Å². The molecule has 106 valence electrons. The number of hydrogen-bond acceptors (Lipinski definition) is 2. The molecule has 0 bridgehead atoms. The summed E-state index contributed by atoms with van der Waals surface area (Å²) in [6, 6.07) is 18.5. The normalized spacial score (nSPS) is 22.6. The van der Waals surface area contributed by atoms with E-state index in [0.717, 1.165) is 0 Å². The fraction of sp³-hybridized carbons (Fsp3) is 0.263. The van der Waals surface area contributed by atoms with Gasteiger partial charge in [-0.1, -0.05) is 74.5 Å². The molecule has 1 saturated carbocycles. The van der Waals surface area contributed by atoms with Gasteiger partial charge in [0.15, 0.2) is 11.6 Å². The Morgan fingerprint density at radius 1 is 0.714 bits per heavy atom. The molecule has 0 N–H and O–H groups in total. The molecule has 1 aliphatic rings. The lowest BCUT2D eigenvalue weighted by Crippen LogP contribution is -2.09. The van der Waals surface area contributed by atoms with Crippen molar-refractivity contribution in [2.24, 2.45) is 17.3 Å². The Morgan fingerprint density at radius 2 is 1.05 bits per heavy atom. The van der Waals surface area contributed by atoms with Crippen LogP contribution in [0.15, 0.2) is 60.7 Å². The van der Waals surface area contributed by atoms with E-state index in [0.29, 0.717) is 11.1 Å². The highest BCUT2D eigenvalue weighted by atomic mass is 16.1. The molecule has 2 aromatic rings. The van der Waals surface area contributed by atoms with Gasteiger partial charge in [0.25, 0.3) is 0 Å². The molecule has 0 amide bonds. The van der Waals surface area contributed by atoms with Crippen LogP contribution in [0.25, 0.3) is 0 Å². The molecule has 2 heteroatoms. The Bertz CT molecular complexity index is 612. The van der Waals surface area contributed by atoms with Crippen molar-refractivity contribution in [3.05, 3.63) is 71.8 Å². The quantitative estimate of drug-likeness (QED) is 0.791. The van der Waals surface area contributed by atoms with E-state index in [1.807, 2.05) is 74.5 Å². The van der Waals surface area contributed by atoms with Crippen molar-refractivity contribution in [2.75, 3.05) is 0 Å². The van der Waals surface area contributed by atoms with Crippen molar-refractivity contribution in [1.82, 2.24) is 0 Å². The largest absolute Gasteiger partial charge is 0.294 e. The van der Waals surface area contributed by atoms with Gasteiger partial charge in [-0.3, -0.25) is 9.59 Å². The predicted octanol–water partition coefficient (Wildman–Crippen LogP) is 4.02. The SMILES string of the molecule is CC1(C)C(C(=O)c2ccccc2)C1C(=O)c1ccccc1. The zero-order valence-electron chi connectivity index (χ0n) is 12.2. The highest BCUT2D eigenvalue weighted by Gasteiger charge is 2.64. The molecule has 0 heterocycles. The molecule has 21 heavy (non-hydrogen) atoms. The first-order valence-electron chi connectivity index (χ1n) is 7.22.